The highest BCUT2D eigenvalue weighted by Crippen LogP contribution is 2.39. The molecule has 1 fully saturated rings. The van der Waals surface area contributed by atoms with E-state index in [1.54, 1.807) is 7.11 Å². The molecule has 4 aromatic rings. The van der Waals surface area contributed by atoms with Gasteiger partial charge in [-0.2, -0.15) is 0 Å². The second-order valence-corrected chi connectivity index (χ2v) is 10.8. The number of rotatable bonds is 12. The van der Waals surface area contributed by atoms with Gasteiger partial charge in [-0.1, -0.05) is 55.1 Å². The van der Waals surface area contributed by atoms with Gasteiger partial charge >= 0.3 is 0 Å². The van der Waals surface area contributed by atoms with E-state index in [-0.39, 0.29) is 11.9 Å². The Morgan fingerprint density at radius 1 is 1.02 bits per heavy atom. The SMILES string of the molecule is C=CC(=O)Nc1cc(Nc2cc(N3OCCC3c3cccc(-c4ccccc4)c3)ncn2)c(OC)cc1N(C)CCN(C)C. The number of methoxy groups -OCH3 is 1. The summed E-state index contributed by atoms with van der Waals surface area (Å²) in [4.78, 5) is 31.6. The van der Waals surface area contributed by atoms with Crippen molar-refractivity contribution in [1.29, 1.82) is 0 Å². The summed E-state index contributed by atoms with van der Waals surface area (Å²) in [6.07, 6.45) is 3.58. The number of benzene rings is 3. The van der Waals surface area contributed by atoms with Crippen molar-refractivity contribution in [1.82, 2.24) is 14.9 Å². The predicted octanol–water partition coefficient (Wildman–Crippen LogP) is 5.90. The number of anilines is 5. The third-order valence-electron chi connectivity index (χ3n) is 7.48. The van der Waals surface area contributed by atoms with E-state index in [0.717, 1.165) is 36.3 Å². The molecule has 228 valence electrons. The molecule has 5 rings (SSSR count). The van der Waals surface area contributed by atoms with E-state index in [4.69, 9.17) is 9.57 Å². The molecule has 10 nitrogen and oxygen atoms in total. The van der Waals surface area contributed by atoms with Crippen molar-refractivity contribution in [3.63, 3.8) is 0 Å². The molecule has 0 aliphatic carbocycles. The van der Waals surface area contributed by atoms with E-state index in [0.29, 0.717) is 35.4 Å². The maximum atomic E-state index is 12.3. The van der Waals surface area contributed by atoms with Crippen LogP contribution in [0.5, 0.6) is 5.75 Å². The van der Waals surface area contributed by atoms with Gasteiger partial charge in [-0.3, -0.25) is 9.63 Å². The lowest BCUT2D eigenvalue weighted by Gasteiger charge is -2.26. The molecule has 44 heavy (non-hydrogen) atoms. The lowest BCUT2D eigenvalue weighted by Crippen LogP contribution is -2.29. The highest BCUT2D eigenvalue weighted by atomic mass is 16.7. The van der Waals surface area contributed by atoms with Gasteiger partial charge in [-0.25, -0.2) is 15.0 Å². The Balaban J connectivity index is 1.42. The number of amides is 1. The Labute approximate surface area is 258 Å². The highest BCUT2D eigenvalue weighted by molar-refractivity contribution is 6.02. The van der Waals surface area contributed by atoms with Gasteiger partial charge in [0.15, 0.2) is 5.82 Å². The van der Waals surface area contributed by atoms with Crippen molar-refractivity contribution in [3.05, 3.63) is 97.3 Å². The first-order chi connectivity index (χ1) is 21.4. The molecule has 1 aliphatic rings. The van der Waals surface area contributed by atoms with Crippen LogP contribution in [0.1, 0.15) is 18.0 Å². The summed E-state index contributed by atoms with van der Waals surface area (Å²) in [5.41, 5.74) is 5.54. The Morgan fingerprint density at radius 3 is 2.57 bits per heavy atom. The number of likely N-dealkylation sites (N-methyl/N-ethyl adjacent to an activating group) is 2. The minimum Gasteiger partial charge on any atom is -0.494 e. The Kier molecular flexibility index (Phi) is 9.73. The molecule has 0 saturated carbocycles. The molecule has 2 N–H and O–H groups in total. The smallest absolute Gasteiger partial charge is 0.247 e. The number of hydroxylamine groups is 1. The van der Waals surface area contributed by atoms with Crippen LogP contribution in [0.25, 0.3) is 11.1 Å². The van der Waals surface area contributed by atoms with Gasteiger partial charge in [-0.15, -0.1) is 0 Å². The van der Waals surface area contributed by atoms with Crippen LogP contribution in [0, 0.1) is 0 Å². The van der Waals surface area contributed by atoms with Gasteiger partial charge in [0.1, 0.15) is 17.9 Å². The second kappa shape index (κ2) is 14.0. The van der Waals surface area contributed by atoms with Crippen molar-refractivity contribution < 1.29 is 14.4 Å². The average molecular weight is 594 g/mol. The number of hydrogen-bond acceptors (Lipinski definition) is 9. The van der Waals surface area contributed by atoms with Gasteiger partial charge in [0, 0.05) is 38.7 Å². The number of aromatic nitrogens is 2. The first-order valence-corrected chi connectivity index (χ1v) is 14.5. The monoisotopic (exact) mass is 593 g/mol. The molecule has 3 aromatic carbocycles. The van der Waals surface area contributed by atoms with Gasteiger partial charge in [0.05, 0.1) is 36.8 Å². The molecule has 1 atom stereocenters. The summed E-state index contributed by atoms with van der Waals surface area (Å²) >= 11 is 0. The standard InChI is InChI=1S/C34H39N7O3/c1-6-34(42)38-27-20-28(31(43-5)21-30(27)40(4)17-16-39(2)3)37-32-22-33(36-23-35-32)41-29(15-18-44-41)26-14-10-13-25(19-26)24-11-8-7-9-12-24/h6-14,19-23,29H,1,15-18H2,2-5H3,(H,38,42)(H,35,36,37). The number of carbonyl (C=O) groups is 1. The van der Waals surface area contributed by atoms with Crippen LogP contribution in [-0.2, 0) is 9.63 Å². The van der Waals surface area contributed by atoms with Gasteiger partial charge in [0.25, 0.3) is 0 Å². The predicted molar refractivity (Wildman–Crippen MR) is 177 cm³/mol. The Hall–Kier alpha value is -4.93. The summed E-state index contributed by atoms with van der Waals surface area (Å²) in [5, 5.41) is 8.15. The first kappa shape index (κ1) is 30.5. The van der Waals surface area contributed by atoms with Crippen molar-refractivity contribution >= 4 is 34.6 Å². The van der Waals surface area contributed by atoms with E-state index >= 15 is 0 Å². The molecule has 1 amide bonds. The van der Waals surface area contributed by atoms with Crippen LogP contribution in [0.15, 0.2) is 91.8 Å². The topological polar surface area (TPSA) is 95.1 Å². The molecule has 10 heteroatoms. The minimum absolute atomic E-state index is 0.00588. The fraction of sp³-hybridized carbons (Fsp3) is 0.265. The van der Waals surface area contributed by atoms with Gasteiger partial charge < -0.3 is 25.2 Å². The minimum atomic E-state index is -0.304. The molecule has 0 bridgehead atoms. The van der Waals surface area contributed by atoms with Crippen molar-refractivity contribution in [2.45, 2.75) is 12.5 Å². The largest absolute Gasteiger partial charge is 0.494 e. The lowest BCUT2D eigenvalue weighted by atomic mass is 9.98. The summed E-state index contributed by atoms with van der Waals surface area (Å²) < 4.78 is 5.76. The average Bonchev–Trinajstić information content (AvgIpc) is 3.55. The molecule has 1 unspecified atom stereocenters. The molecule has 0 radical (unpaired) electrons. The quantitative estimate of drug-likeness (QED) is 0.195. The summed E-state index contributed by atoms with van der Waals surface area (Å²) in [5.74, 6) is 1.48. The molecule has 1 aliphatic heterocycles. The fourth-order valence-electron chi connectivity index (χ4n) is 5.13. The number of nitrogens with one attached hydrogen (secondary N) is 2. The molecule has 1 aromatic heterocycles. The van der Waals surface area contributed by atoms with Gasteiger partial charge in [-0.05, 0) is 49.0 Å². The third kappa shape index (κ3) is 7.16. The molecular weight excluding hydrogens is 554 g/mol. The van der Waals surface area contributed by atoms with Crippen LogP contribution >= 0.6 is 0 Å². The Morgan fingerprint density at radius 2 is 1.82 bits per heavy atom. The molecular formula is C34H39N7O3. The van der Waals surface area contributed by atoms with E-state index < -0.39 is 0 Å². The zero-order valence-electron chi connectivity index (χ0n) is 25.7. The third-order valence-corrected chi connectivity index (χ3v) is 7.48. The fourth-order valence-corrected chi connectivity index (χ4v) is 5.13. The zero-order valence-corrected chi connectivity index (χ0v) is 25.7. The summed E-state index contributed by atoms with van der Waals surface area (Å²) in [7, 11) is 7.64. The maximum Gasteiger partial charge on any atom is 0.247 e. The van der Waals surface area contributed by atoms with Crippen molar-refractivity contribution in [2.75, 3.05) is 68.5 Å². The lowest BCUT2D eigenvalue weighted by molar-refractivity contribution is -0.111. The van der Waals surface area contributed by atoms with Crippen LogP contribution < -0.4 is 25.3 Å². The van der Waals surface area contributed by atoms with Gasteiger partial charge in [0.2, 0.25) is 5.91 Å². The molecule has 0 spiro atoms. The number of ether oxygens (including phenoxy) is 1. The van der Waals surface area contributed by atoms with Crippen molar-refractivity contribution in [2.24, 2.45) is 0 Å². The van der Waals surface area contributed by atoms with E-state index in [2.05, 4.69) is 73.4 Å². The normalized spacial score (nSPS) is 14.4. The van der Waals surface area contributed by atoms with E-state index in [9.17, 15) is 4.79 Å². The van der Waals surface area contributed by atoms with Crippen molar-refractivity contribution in [3.8, 4) is 16.9 Å². The Bertz CT molecular complexity index is 1600. The van der Waals surface area contributed by atoms with Crippen LogP contribution in [0.2, 0.25) is 0 Å². The number of hydrogen-bond donors (Lipinski definition) is 2. The van der Waals surface area contributed by atoms with E-state index in [1.807, 2.05) is 62.6 Å². The summed E-state index contributed by atoms with van der Waals surface area (Å²) in [6.45, 7) is 5.77. The molecule has 2 heterocycles. The number of carbonyl (C=O) groups excluding carboxylic acids is 1. The number of nitrogens with zero attached hydrogens (tertiary/aromatic N) is 5. The zero-order chi connectivity index (χ0) is 31.1. The van der Waals surface area contributed by atoms with Crippen LogP contribution in [-0.4, -0.2) is 68.7 Å². The highest BCUT2D eigenvalue weighted by Gasteiger charge is 2.29. The molecule has 1 saturated heterocycles. The van der Waals surface area contributed by atoms with Crippen LogP contribution in [0.4, 0.5) is 28.7 Å². The maximum absolute atomic E-state index is 12.3. The first-order valence-electron chi connectivity index (χ1n) is 14.5. The second-order valence-electron chi connectivity index (χ2n) is 10.8. The summed E-state index contributed by atoms with van der Waals surface area (Å²) in [6, 6.07) is 24.5. The van der Waals surface area contributed by atoms with Crippen LogP contribution in [0.3, 0.4) is 0 Å². The van der Waals surface area contributed by atoms with E-state index in [1.165, 1.54) is 18.0 Å².